The molecule has 11 nitrogen and oxygen atoms in total. The number of hydrogen-bond donors (Lipinski definition) is 8. The summed E-state index contributed by atoms with van der Waals surface area (Å²) in [4.78, 5) is 17.6. The van der Waals surface area contributed by atoms with E-state index in [0.29, 0.717) is 30.6 Å². The fraction of sp³-hybridized carbons (Fsp3) is 0.471. The Kier molecular flexibility index (Phi) is 12.4. The van der Waals surface area contributed by atoms with Crippen molar-refractivity contribution in [1.82, 2.24) is 20.9 Å². The molecule has 0 aliphatic heterocycles. The number of benzene rings is 2. The molecule has 0 radical (unpaired) electrons. The Morgan fingerprint density at radius 2 is 1.79 bits per heavy atom. The van der Waals surface area contributed by atoms with Gasteiger partial charge in [0.05, 0.1) is 18.8 Å². The van der Waals surface area contributed by atoms with Gasteiger partial charge in [0.15, 0.2) is 0 Å². The molecule has 5 rings (SSSR count). The van der Waals surface area contributed by atoms with Gasteiger partial charge in [0.1, 0.15) is 24.1 Å². The lowest BCUT2D eigenvalue weighted by Crippen LogP contribution is -2.50. The molecule has 8 N–H and O–H groups in total. The fourth-order valence-corrected chi connectivity index (χ4v) is 6.38. The summed E-state index contributed by atoms with van der Waals surface area (Å²) >= 11 is 8.28. The van der Waals surface area contributed by atoms with Crippen LogP contribution in [0.2, 0.25) is 5.02 Å². The Morgan fingerprint density at radius 1 is 1.02 bits per heavy atom. The standard InChI is InChI=1S/C34H43ClN4O7S/c35-27-9-8-23(47-15-3-13-37-33(45)38-19-28(41)31(43)32(44)29(42)20-40)16-21(27)17-39-34(11-12-34)26-18-36-14-10-24(26)25-4-1-2-5-30(25)46-22-6-7-22/h1-2,4-5,8-10,14,16,18,22,28-29,31-32,39-44H,3,6-7,11-13,15,17,19-20H2,(H2,37,38,45)/t28-,29+,31+,32+/m0/s1. The molecule has 3 aromatic rings. The normalized spacial score (nSPS) is 17.7. The molecule has 0 saturated heterocycles. The first-order valence-corrected chi connectivity index (χ1v) is 17.3. The van der Waals surface area contributed by atoms with Gasteiger partial charge in [-0.05, 0) is 84.9 Å². The van der Waals surface area contributed by atoms with Crippen molar-refractivity contribution in [2.45, 2.75) is 79.6 Å². The minimum absolute atomic E-state index is 0.191. The van der Waals surface area contributed by atoms with Gasteiger partial charge in [-0.3, -0.25) is 4.98 Å². The quantitative estimate of drug-likeness (QED) is 0.0734. The van der Waals surface area contributed by atoms with Crippen LogP contribution in [0.5, 0.6) is 5.75 Å². The van der Waals surface area contributed by atoms with Crippen LogP contribution >= 0.6 is 23.4 Å². The van der Waals surface area contributed by atoms with Crippen molar-refractivity contribution in [2.24, 2.45) is 0 Å². The molecule has 13 heteroatoms. The number of urea groups is 1. The van der Waals surface area contributed by atoms with Crippen molar-refractivity contribution >= 4 is 29.4 Å². The topological polar surface area (TPSA) is 176 Å². The number of nitrogens with one attached hydrogen (secondary N) is 3. The summed E-state index contributed by atoms with van der Waals surface area (Å²) in [6.45, 7) is -0.133. The molecular formula is C34H43ClN4O7S. The zero-order chi connectivity index (χ0) is 33.4. The summed E-state index contributed by atoms with van der Waals surface area (Å²) in [5, 5.41) is 57.3. The van der Waals surface area contributed by atoms with Crippen LogP contribution in [0.15, 0.2) is 65.8 Å². The fourth-order valence-electron chi connectivity index (χ4n) is 5.28. The molecule has 2 aliphatic carbocycles. The summed E-state index contributed by atoms with van der Waals surface area (Å²) in [6.07, 6.45) is 2.38. The monoisotopic (exact) mass is 686 g/mol. The number of thioether (sulfide) groups is 1. The zero-order valence-corrected chi connectivity index (χ0v) is 27.6. The Balaban J connectivity index is 1.09. The van der Waals surface area contributed by atoms with Crippen LogP contribution in [-0.4, -0.2) is 92.5 Å². The Bertz CT molecular complexity index is 1490. The number of para-hydroxylation sites is 1. The van der Waals surface area contributed by atoms with Crippen LogP contribution in [-0.2, 0) is 12.1 Å². The summed E-state index contributed by atoms with van der Waals surface area (Å²) < 4.78 is 6.24. The highest BCUT2D eigenvalue weighted by Crippen LogP contribution is 2.50. The molecule has 2 saturated carbocycles. The lowest BCUT2D eigenvalue weighted by molar-refractivity contribution is -0.113. The average molecular weight is 687 g/mol. The molecule has 47 heavy (non-hydrogen) atoms. The first kappa shape index (κ1) is 35.4. The van der Waals surface area contributed by atoms with Crippen LogP contribution in [0.25, 0.3) is 11.1 Å². The summed E-state index contributed by atoms with van der Waals surface area (Å²) in [5.74, 6) is 1.65. The van der Waals surface area contributed by atoms with Crippen LogP contribution in [0.4, 0.5) is 4.79 Å². The number of halogens is 1. The van der Waals surface area contributed by atoms with Gasteiger partial charge in [0.2, 0.25) is 0 Å². The minimum atomic E-state index is -1.75. The van der Waals surface area contributed by atoms with E-state index in [2.05, 4.69) is 39.1 Å². The van der Waals surface area contributed by atoms with Crippen molar-refractivity contribution in [3.05, 3.63) is 77.1 Å². The molecule has 1 aromatic heterocycles. The summed E-state index contributed by atoms with van der Waals surface area (Å²) in [6, 6.07) is 15.7. The number of aliphatic hydroxyl groups excluding tert-OH is 5. The molecular weight excluding hydrogens is 644 g/mol. The third-order valence-electron chi connectivity index (χ3n) is 8.39. The number of pyridine rings is 1. The van der Waals surface area contributed by atoms with E-state index < -0.39 is 37.1 Å². The molecule has 0 spiro atoms. The number of amides is 2. The average Bonchev–Trinajstić information content (AvgIpc) is 4.04. The number of carbonyl (C=O) groups excluding carboxylic acids is 1. The zero-order valence-electron chi connectivity index (χ0n) is 26.0. The van der Waals surface area contributed by atoms with Crippen LogP contribution in [0.1, 0.15) is 43.2 Å². The van der Waals surface area contributed by atoms with Crippen molar-refractivity contribution in [2.75, 3.05) is 25.4 Å². The molecule has 2 fully saturated rings. The largest absolute Gasteiger partial charge is 0.490 e. The predicted octanol–water partition coefficient (Wildman–Crippen LogP) is 2.94. The van der Waals surface area contributed by atoms with E-state index in [1.807, 2.05) is 42.7 Å². The maximum atomic E-state index is 12.1. The number of aliphatic hydroxyl groups is 5. The van der Waals surface area contributed by atoms with Crippen molar-refractivity contribution in [3.63, 3.8) is 0 Å². The third kappa shape index (κ3) is 9.58. The van der Waals surface area contributed by atoms with E-state index >= 15 is 0 Å². The van der Waals surface area contributed by atoms with Gasteiger partial charge >= 0.3 is 6.03 Å². The molecule has 4 atom stereocenters. The van der Waals surface area contributed by atoms with Crippen molar-refractivity contribution in [1.29, 1.82) is 0 Å². The molecule has 0 unspecified atom stereocenters. The number of aromatic nitrogens is 1. The second-order valence-corrected chi connectivity index (χ2v) is 13.6. The predicted molar refractivity (Wildman–Crippen MR) is 180 cm³/mol. The molecule has 2 amide bonds. The molecule has 2 aliphatic rings. The van der Waals surface area contributed by atoms with E-state index in [1.54, 1.807) is 11.8 Å². The van der Waals surface area contributed by atoms with Gasteiger partial charge in [-0.15, -0.1) is 11.8 Å². The van der Waals surface area contributed by atoms with E-state index in [9.17, 15) is 25.2 Å². The van der Waals surface area contributed by atoms with E-state index in [4.69, 9.17) is 21.4 Å². The number of ether oxygens (including phenoxy) is 1. The lowest BCUT2D eigenvalue weighted by Gasteiger charge is -2.25. The van der Waals surface area contributed by atoms with E-state index in [1.165, 1.54) is 0 Å². The second kappa shape index (κ2) is 16.4. The Morgan fingerprint density at radius 3 is 2.53 bits per heavy atom. The van der Waals surface area contributed by atoms with Gasteiger partial charge in [-0.25, -0.2) is 4.79 Å². The van der Waals surface area contributed by atoms with Crippen molar-refractivity contribution < 1.29 is 35.1 Å². The third-order valence-corrected chi connectivity index (χ3v) is 9.84. The van der Waals surface area contributed by atoms with Crippen LogP contribution < -0.4 is 20.7 Å². The Labute approximate surface area is 283 Å². The molecule has 0 bridgehead atoms. The highest BCUT2D eigenvalue weighted by molar-refractivity contribution is 7.99. The highest BCUT2D eigenvalue weighted by Gasteiger charge is 2.46. The minimum Gasteiger partial charge on any atom is -0.490 e. The van der Waals surface area contributed by atoms with Crippen molar-refractivity contribution in [3.8, 4) is 16.9 Å². The van der Waals surface area contributed by atoms with Gasteiger partial charge in [0, 0.05) is 53.0 Å². The van der Waals surface area contributed by atoms with Gasteiger partial charge in [-0.2, -0.15) is 0 Å². The molecule has 1 heterocycles. The van der Waals surface area contributed by atoms with Gasteiger partial charge in [0.25, 0.3) is 0 Å². The lowest BCUT2D eigenvalue weighted by atomic mass is 9.94. The first-order chi connectivity index (χ1) is 22.7. The SMILES string of the molecule is O=C(NCCCSc1ccc(Cl)c(CNC2(c3cnccc3-c3ccccc3OC3CC3)CC2)c1)NC[C@H](O)[C@@H](O)[C@H](O)[C@H](O)CO. The van der Waals surface area contributed by atoms with Crippen LogP contribution in [0, 0.1) is 0 Å². The highest BCUT2D eigenvalue weighted by atomic mass is 35.5. The maximum Gasteiger partial charge on any atom is 0.314 e. The van der Waals surface area contributed by atoms with Crippen LogP contribution in [0.3, 0.4) is 0 Å². The first-order valence-electron chi connectivity index (χ1n) is 15.9. The number of hydrogen-bond acceptors (Lipinski definition) is 10. The van der Waals surface area contributed by atoms with Gasteiger partial charge in [-0.1, -0.05) is 29.8 Å². The maximum absolute atomic E-state index is 12.1. The Hall–Kier alpha value is -2.94. The number of carbonyl (C=O) groups is 1. The molecule has 254 valence electrons. The molecule has 2 aromatic carbocycles. The number of rotatable bonds is 18. The summed E-state index contributed by atoms with van der Waals surface area (Å²) in [7, 11) is 0. The second-order valence-electron chi connectivity index (χ2n) is 12.1. The van der Waals surface area contributed by atoms with E-state index in [0.717, 1.165) is 64.3 Å². The summed E-state index contributed by atoms with van der Waals surface area (Å²) in [5.41, 5.74) is 4.18. The van der Waals surface area contributed by atoms with E-state index in [-0.39, 0.29) is 12.1 Å². The smallest absolute Gasteiger partial charge is 0.314 e. The van der Waals surface area contributed by atoms with Gasteiger partial charge < -0.3 is 46.2 Å². The number of nitrogens with zero attached hydrogens (tertiary/aromatic N) is 1.